The first-order chi connectivity index (χ1) is 13.9. The summed E-state index contributed by atoms with van der Waals surface area (Å²) < 4.78 is 40.5. The molecule has 2 heterocycles. The number of para-hydroxylation sites is 1. The van der Waals surface area contributed by atoms with Crippen LogP contribution in [0.3, 0.4) is 0 Å². The van der Waals surface area contributed by atoms with Crippen molar-refractivity contribution in [2.45, 2.75) is 27.3 Å². The van der Waals surface area contributed by atoms with Crippen LogP contribution in [-0.2, 0) is 14.6 Å². The summed E-state index contributed by atoms with van der Waals surface area (Å²) in [5.41, 5.74) is 0.930. The molecule has 4 rings (SSSR count). The highest BCUT2D eigenvalue weighted by atomic mass is 32.2. The van der Waals surface area contributed by atoms with Gasteiger partial charge in [0.05, 0.1) is 26.1 Å². The Bertz CT molecular complexity index is 1090. The van der Waals surface area contributed by atoms with E-state index < -0.39 is 20.9 Å². The Morgan fingerprint density at radius 1 is 1.14 bits per heavy atom. The topological polar surface area (TPSA) is 67.3 Å². The minimum atomic E-state index is -3.52. The van der Waals surface area contributed by atoms with E-state index >= 15 is 0 Å². The van der Waals surface area contributed by atoms with Crippen molar-refractivity contribution in [1.82, 2.24) is 9.88 Å². The monoisotopic (exact) mass is 450 g/mol. The van der Waals surface area contributed by atoms with E-state index in [9.17, 15) is 17.6 Å². The maximum atomic E-state index is 13.1. The molecule has 1 amide bonds. The zero-order chi connectivity index (χ0) is 20.4. The second kappa shape index (κ2) is 8.41. The van der Waals surface area contributed by atoms with Crippen molar-refractivity contribution < 1.29 is 17.6 Å². The number of thiazole rings is 1. The number of benzene rings is 2. The van der Waals surface area contributed by atoms with Crippen molar-refractivity contribution in [1.29, 1.82) is 0 Å². The van der Waals surface area contributed by atoms with Gasteiger partial charge in [0.1, 0.15) is 5.82 Å². The molecule has 1 saturated heterocycles. The summed E-state index contributed by atoms with van der Waals surface area (Å²) in [4.78, 5) is 18.9. The van der Waals surface area contributed by atoms with Gasteiger partial charge in [0, 0.05) is 13.1 Å². The van der Waals surface area contributed by atoms with Crippen LogP contribution < -0.4 is 0 Å². The molecule has 0 saturated carbocycles. The number of hydrogen-bond acceptors (Lipinski definition) is 6. The third kappa shape index (κ3) is 4.46. The Kier molecular flexibility index (Phi) is 5.89. The molecule has 0 N–H and O–H groups in total. The fraction of sp³-hybridized carbons (Fsp3) is 0.300. The number of piperidine rings is 1. The summed E-state index contributed by atoms with van der Waals surface area (Å²) in [7, 11) is -3.52. The summed E-state index contributed by atoms with van der Waals surface area (Å²) in [5.74, 6) is -0.184. The highest BCUT2D eigenvalue weighted by Crippen LogP contribution is 2.30. The molecule has 152 valence electrons. The zero-order valence-corrected chi connectivity index (χ0v) is 17.9. The zero-order valence-electron chi connectivity index (χ0n) is 15.5. The van der Waals surface area contributed by atoms with Gasteiger partial charge in [-0.15, -0.1) is 11.3 Å². The molecule has 1 aromatic heterocycles. The van der Waals surface area contributed by atoms with Crippen molar-refractivity contribution >= 4 is 49.1 Å². The average molecular weight is 451 g/mol. The van der Waals surface area contributed by atoms with Gasteiger partial charge in [-0.25, -0.2) is 17.8 Å². The molecule has 0 bridgehead atoms. The van der Waals surface area contributed by atoms with E-state index in [1.54, 1.807) is 16.2 Å². The van der Waals surface area contributed by atoms with Gasteiger partial charge in [-0.3, -0.25) is 4.79 Å². The van der Waals surface area contributed by atoms with Crippen LogP contribution >= 0.6 is 23.1 Å². The number of rotatable bonds is 5. The highest BCUT2D eigenvalue weighted by molar-refractivity contribution is 8.01. The van der Waals surface area contributed by atoms with E-state index in [0.29, 0.717) is 25.9 Å². The van der Waals surface area contributed by atoms with Gasteiger partial charge in [0.2, 0.25) is 5.91 Å². The lowest BCUT2D eigenvalue weighted by Gasteiger charge is -2.31. The molecule has 1 aliphatic rings. The summed E-state index contributed by atoms with van der Waals surface area (Å²) >= 11 is 2.98. The van der Waals surface area contributed by atoms with Gasteiger partial charge in [-0.2, -0.15) is 0 Å². The van der Waals surface area contributed by atoms with Crippen LogP contribution in [0.4, 0.5) is 4.39 Å². The minimum absolute atomic E-state index is 0.00751. The minimum Gasteiger partial charge on any atom is -0.342 e. The van der Waals surface area contributed by atoms with E-state index in [1.807, 2.05) is 24.3 Å². The smallest absolute Gasteiger partial charge is 0.233 e. The van der Waals surface area contributed by atoms with Crippen LogP contribution in [-0.4, -0.2) is 48.3 Å². The van der Waals surface area contributed by atoms with E-state index in [1.165, 1.54) is 23.9 Å². The van der Waals surface area contributed by atoms with Crippen LogP contribution in [0.1, 0.15) is 12.8 Å². The Hall–Kier alpha value is -1.97. The van der Waals surface area contributed by atoms with Gasteiger partial charge in [-0.1, -0.05) is 23.9 Å². The van der Waals surface area contributed by atoms with Crippen molar-refractivity contribution in [3.63, 3.8) is 0 Å². The summed E-state index contributed by atoms with van der Waals surface area (Å²) in [6.45, 7) is 0.814. The number of halogens is 1. The van der Waals surface area contributed by atoms with Crippen LogP contribution in [0, 0.1) is 5.82 Å². The number of nitrogens with zero attached hydrogens (tertiary/aromatic N) is 2. The molecule has 5 nitrogen and oxygen atoms in total. The summed E-state index contributed by atoms with van der Waals surface area (Å²) in [5, 5.41) is -0.547. The second-order valence-electron chi connectivity index (χ2n) is 6.82. The Morgan fingerprint density at radius 2 is 1.83 bits per heavy atom. The van der Waals surface area contributed by atoms with Gasteiger partial charge in [-0.05, 0) is 49.2 Å². The molecule has 0 radical (unpaired) electrons. The van der Waals surface area contributed by atoms with Crippen molar-refractivity contribution in [2.75, 3.05) is 18.8 Å². The lowest BCUT2D eigenvalue weighted by atomic mass is 10.1. The number of carbonyl (C=O) groups excluding carboxylic acids is 1. The van der Waals surface area contributed by atoms with Gasteiger partial charge in [0.15, 0.2) is 14.2 Å². The first kappa shape index (κ1) is 20.3. The SMILES string of the molecule is O=C(CSc1nc2ccccc2s1)N1CCC(S(=O)(=O)c2ccc(F)cc2)CC1. The first-order valence-electron chi connectivity index (χ1n) is 9.19. The van der Waals surface area contributed by atoms with Gasteiger partial charge in [0.25, 0.3) is 0 Å². The van der Waals surface area contributed by atoms with Crippen LogP contribution in [0.2, 0.25) is 0 Å². The highest BCUT2D eigenvalue weighted by Gasteiger charge is 2.32. The third-order valence-electron chi connectivity index (χ3n) is 4.97. The number of carbonyl (C=O) groups is 1. The third-order valence-corrected chi connectivity index (χ3v) is 9.41. The molecular weight excluding hydrogens is 431 g/mol. The number of likely N-dealkylation sites (tertiary alicyclic amines) is 1. The normalized spacial score (nSPS) is 15.7. The van der Waals surface area contributed by atoms with Crippen LogP contribution in [0.25, 0.3) is 10.2 Å². The van der Waals surface area contributed by atoms with Gasteiger partial charge >= 0.3 is 0 Å². The average Bonchev–Trinajstić information content (AvgIpc) is 3.15. The predicted molar refractivity (Wildman–Crippen MR) is 114 cm³/mol. The number of amides is 1. The Balaban J connectivity index is 1.32. The molecule has 0 atom stereocenters. The maximum Gasteiger partial charge on any atom is 0.233 e. The molecule has 1 fully saturated rings. The standard InChI is InChI=1S/C20H19FN2O3S3/c21-14-5-7-15(8-6-14)29(25,26)16-9-11-23(12-10-16)19(24)13-27-20-22-17-3-1-2-4-18(17)28-20/h1-8,16H,9-13H2. The van der Waals surface area contributed by atoms with Gasteiger partial charge < -0.3 is 4.90 Å². The lowest BCUT2D eigenvalue weighted by Crippen LogP contribution is -2.43. The first-order valence-corrected chi connectivity index (χ1v) is 12.5. The van der Waals surface area contributed by atoms with E-state index in [4.69, 9.17) is 0 Å². The quantitative estimate of drug-likeness (QED) is 0.434. The number of aromatic nitrogens is 1. The fourth-order valence-corrected chi connectivity index (χ4v) is 7.06. The molecular formula is C20H19FN2O3S3. The summed E-state index contributed by atoms with van der Waals surface area (Å²) in [6, 6.07) is 12.8. The number of fused-ring (bicyclic) bond motifs is 1. The maximum absolute atomic E-state index is 13.1. The summed E-state index contributed by atoms with van der Waals surface area (Å²) in [6.07, 6.45) is 0.772. The molecule has 0 spiro atoms. The van der Waals surface area contributed by atoms with Crippen LogP contribution in [0.15, 0.2) is 57.8 Å². The fourth-order valence-electron chi connectivity index (χ4n) is 3.36. The van der Waals surface area contributed by atoms with Crippen molar-refractivity contribution in [3.05, 3.63) is 54.3 Å². The van der Waals surface area contributed by atoms with Crippen molar-refractivity contribution in [2.24, 2.45) is 0 Å². The van der Waals surface area contributed by atoms with E-state index in [-0.39, 0.29) is 16.6 Å². The molecule has 0 aliphatic carbocycles. The molecule has 1 aliphatic heterocycles. The number of thioether (sulfide) groups is 1. The molecule has 2 aromatic carbocycles. The molecule has 0 unspecified atom stereocenters. The van der Waals surface area contributed by atoms with E-state index in [2.05, 4.69) is 4.98 Å². The Labute approximate surface area is 176 Å². The van der Waals surface area contributed by atoms with E-state index in [0.717, 1.165) is 26.7 Å². The number of hydrogen-bond donors (Lipinski definition) is 0. The molecule has 3 aromatic rings. The predicted octanol–water partition coefficient (Wildman–Crippen LogP) is 3.99. The molecule has 29 heavy (non-hydrogen) atoms. The number of sulfone groups is 1. The second-order valence-corrected chi connectivity index (χ2v) is 11.3. The van der Waals surface area contributed by atoms with Crippen LogP contribution in [0.5, 0.6) is 0 Å². The largest absolute Gasteiger partial charge is 0.342 e. The lowest BCUT2D eigenvalue weighted by molar-refractivity contribution is -0.129. The molecule has 9 heteroatoms. The Morgan fingerprint density at radius 3 is 2.52 bits per heavy atom. The van der Waals surface area contributed by atoms with Crippen molar-refractivity contribution in [3.8, 4) is 0 Å².